The molecule has 9 nitrogen and oxygen atoms in total. The van der Waals surface area contributed by atoms with E-state index in [1.54, 1.807) is 30.9 Å². The summed E-state index contributed by atoms with van der Waals surface area (Å²) in [5, 5.41) is 2.38. The Balaban J connectivity index is 1.55. The minimum Gasteiger partial charge on any atom is -0.367 e. The topological polar surface area (TPSA) is 79.4 Å². The summed E-state index contributed by atoms with van der Waals surface area (Å²) in [5.41, 5.74) is 2.15. The molecule has 0 aromatic heterocycles. The van der Waals surface area contributed by atoms with Gasteiger partial charge in [0, 0.05) is 46.7 Å². The van der Waals surface area contributed by atoms with E-state index in [4.69, 9.17) is 0 Å². The summed E-state index contributed by atoms with van der Waals surface area (Å²) in [7, 11) is 5.16. The van der Waals surface area contributed by atoms with Crippen LogP contribution in [0.2, 0.25) is 0 Å². The van der Waals surface area contributed by atoms with E-state index in [0.717, 1.165) is 12.1 Å². The summed E-state index contributed by atoms with van der Waals surface area (Å²) in [6.45, 7) is 2.54. The van der Waals surface area contributed by atoms with Gasteiger partial charge in [-0.05, 0) is 38.6 Å². The zero-order chi connectivity index (χ0) is 25.3. The van der Waals surface area contributed by atoms with Crippen molar-refractivity contribution in [3.63, 3.8) is 0 Å². The molecule has 3 aliphatic heterocycles. The minimum atomic E-state index is -2.75. The lowest BCUT2D eigenvalue weighted by Crippen LogP contribution is -2.61. The first-order chi connectivity index (χ1) is 16.6. The van der Waals surface area contributed by atoms with Crippen molar-refractivity contribution in [2.45, 2.75) is 37.3 Å². The van der Waals surface area contributed by atoms with Gasteiger partial charge in [0.1, 0.15) is 6.04 Å². The van der Waals surface area contributed by atoms with Gasteiger partial charge in [-0.3, -0.25) is 24.6 Å². The van der Waals surface area contributed by atoms with Crippen LogP contribution >= 0.6 is 0 Å². The molecule has 3 saturated heterocycles. The normalized spacial score (nSPS) is 25.8. The van der Waals surface area contributed by atoms with Crippen molar-refractivity contribution in [2.75, 3.05) is 75.1 Å². The van der Waals surface area contributed by atoms with Crippen molar-refractivity contribution in [3.05, 3.63) is 18.2 Å². The maximum absolute atomic E-state index is 14.7. The number of nitrogens with zero attached hydrogens (tertiary/aromatic N) is 5. The number of anilines is 3. The Morgan fingerprint density at radius 2 is 1.80 bits per heavy atom. The zero-order valence-corrected chi connectivity index (χ0v) is 20.5. The number of rotatable bonds is 6. The van der Waals surface area contributed by atoms with Crippen LogP contribution in [-0.2, 0) is 14.4 Å². The number of carbonyl (C=O) groups excluding carboxylic acids is 3. The summed E-state index contributed by atoms with van der Waals surface area (Å²) in [4.78, 5) is 44.9. The lowest BCUT2D eigenvalue weighted by molar-refractivity contribution is -0.134. The van der Waals surface area contributed by atoms with Crippen LogP contribution in [0.4, 0.5) is 25.8 Å². The molecular weight excluding hydrogens is 458 g/mol. The van der Waals surface area contributed by atoms with E-state index in [1.165, 1.54) is 4.90 Å². The van der Waals surface area contributed by atoms with E-state index < -0.39 is 18.0 Å². The van der Waals surface area contributed by atoms with E-state index in [-0.39, 0.29) is 24.8 Å². The third kappa shape index (κ3) is 5.11. The van der Waals surface area contributed by atoms with Crippen LogP contribution < -0.4 is 20.0 Å². The van der Waals surface area contributed by atoms with Crippen LogP contribution in [0, 0.1) is 0 Å². The molecule has 3 heterocycles. The molecule has 3 aliphatic rings. The molecule has 192 valence electrons. The number of halogens is 2. The van der Waals surface area contributed by atoms with Crippen molar-refractivity contribution < 1.29 is 23.2 Å². The molecule has 11 heteroatoms. The molecule has 3 amide bonds. The maximum Gasteiger partial charge on any atom is 0.275 e. The fourth-order valence-corrected chi connectivity index (χ4v) is 5.52. The average molecular weight is 493 g/mol. The number of imide groups is 1. The van der Waals surface area contributed by atoms with Gasteiger partial charge in [0.2, 0.25) is 18.2 Å². The summed E-state index contributed by atoms with van der Waals surface area (Å²) >= 11 is 0. The molecule has 2 unspecified atom stereocenters. The number of carbonyl (C=O) groups is 3. The summed E-state index contributed by atoms with van der Waals surface area (Å²) < 4.78 is 29.4. The zero-order valence-electron chi connectivity index (χ0n) is 20.5. The van der Waals surface area contributed by atoms with Crippen molar-refractivity contribution >= 4 is 35.3 Å². The highest BCUT2D eigenvalue weighted by Crippen LogP contribution is 2.40. The molecule has 1 aromatic rings. The van der Waals surface area contributed by atoms with Crippen LogP contribution in [0.3, 0.4) is 0 Å². The van der Waals surface area contributed by atoms with E-state index in [2.05, 4.69) is 10.2 Å². The Labute approximate surface area is 204 Å². The van der Waals surface area contributed by atoms with Crippen LogP contribution in [0.1, 0.15) is 19.3 Å². The molecule has 1 aromatic carbocycles. The predicted molar refractivity (Wildman–Crippen MR) is 130 cm³/mol. The van der Waals surface area contributed by atoms with Crippen LogP contribution in [0.5, 0.6) is 0 Å². The molecular formula is C24H34F2N6O3. The number of piperazine rings is 1. The van der Waals surface area contributed by atoms with Crippen molar-refractivity contribution in [1.82, 2.24) is 15.1 Å². The van der Waals surface area contributed by atoms with Crippen LogP contribution in [0.25, 0.3) is 0 Å². The highest BCUT2D eigenvalue weighted by Gasteiger charge is 2.47. The molecule has 0 aliphatic carbocycles. The molecule has 35 heavy (non-hydrogen) atoms. The Bertz CT molecular complexity index is 969. The third-order valence-electron chi connectivity index (χ3n) is 7.41. The van der Waals surface area contributed by atoms with Crippen molar-refractivity contribution in [2.24, 2.45) is 0 Å². The molecule has 0 bridgehead atoms. The number of piperidine rings is 2. The molecule has 3 fully saturated rings. The molecule has 0 spiro atoms. The molecule has 0 radical (unpaired) electrons. The van der Waals surface area contributed by atoms with Crippen LogP contribution in [0.15, 0.2) is 18.2 Å². The number of amides is 3. The van der Waals surface area contributed by atoms with Gasteiger partial charge in [-0.2, -0.15) is 0 Å². The first-order valence-corrected chi connectivity index (χ1v) is 12.1. The van der Waals surface area contributed by atoms with E-state index in [9.17, 15) is 23.2 Å². The maximum atomic E-state index is 14.7. The standard InChI is InChI=1S/C24H34F2N6O3/c1-28-10-9-20(24(25,26)15-28)32-13-11-31(12-14-32)18-6-4-5-17(22(18)29(2)16-33)30(3)19-7-8-21(34)27-23(19)35/h4-6,16,19-20H,7-15H2,1-3H3,(H,27,34,35). The smallest absolute Gasteiger partial charge is 0.275 e. The number of likely N-dealkylation sites (N-methyl/N-ethyl adjacent to an activating group) is 1. The molecule has 1 N–H and O–H groups in total. The second-order valence-corrected chi connectivity index (χ2v) is 9.77. The number of likely N-dealkylation sites (tertiary alicyclic amines) is 1. The van der Waals surface area contributed by atoms with Crippen molar-refractivity contribution in [3.8, 4) is 0 Å². The van der Waals surface area contributed by atoms with Gasteiger partial charge < -0.3 is 19.6 Å². The van der Waals surface area contributed by atoms with Gasteiger partial charge in [0.05, 0.1) is 29.6 Å². The van der Waals surface area contributed by atoms with E-state index >= 15 is 0 Å². The Kier molecular flexibility index (Phi) is 7.27. The fraction of sp³-hybridized carbons (Fsp3) is 0.625. The van der Waals surface area contributed by atoms with Crippen LogP contribution in [-0.4, -0.2) is 106 Å². The largest absolute Gasteiger partial charge is 0.367 e. The van der Waals surface area contributed by atoms with Gasteiger partial charge in [-0.25, -0.2) is 8.78 Å². The average Bonchev–Trinajstić information content (AvgIpc) is 2.82. The van der Waals surface area contributed by atoms with Gasteiger partial charge in [0.25, 0.3) is 5.92 Å². The van der Waals surface area contributed by atoms with Gasteiger partial charge in [0.15, 0.2) is 0 Å². The highest BCUT2D eigenvalue weighted by molar-refractivity contribution is 6.02. The van der Waals surface area contributed by atoms with Crippen molar-refractivity contribution in [1.29, 1.82) is 0 Å². The number of alkyl halides is 2. The summed E-state index contributed by atoms with van der Waals surface area (Å²) in [6, 6.07) is 4.33. The van der Waals surface area contributed by atoms with Gasteiger partial charge >= 0.3 is 0 Å². The molecule has 0 saturated carbocycles. The Morgan fingerprint density at radius 3 is 2.43 bits per heavy atom. The first-order valence-electron chi connectivity index (χ1n) is 12.1. The lowest BCUT2D eigenvalue weighted by atomic mass is 9.98. The molecule has 2 atom stereocenters. The molecule has 4 rings (SSSR count). The Morgan fingerprint density at radius 1 is 1.09 bits per heavy atom. The van der Waals surface area contributed by atoms with Gasteiger partial charge in [-0.15, -0.1) is 0 Å². The van der Waals surface area contributed by atoms with E-state index in [0.29, 0.717) is 56.9 Å². The number of nitrogens with one attached hydrogen (secondary N) is 1. The highest BCUT2D eigenvalue weighted by atomic mass is 19.3. The second-order valence-electron chi connectivity index (χ2n) is 9.77. The SMILES string of the molecule is CN1CCC(N2CCN(c3cccc(N(C)C4CCC(=O)NC4=O)c3N(C)C=O)CC2)C(F)(F)C1. The Hall–Kier alpha value is -2.79. The monoisotopic (exact) mass is 492 g/mol. The lowest BCUT2D eigenvalue weighted by Gasteiger charge is -2.46. The summed E-state index contributed by atoms with van der Waals surface area (Å²) in [5.74, 6) is -3.39. The minimum absolute atomic E-state index is 0.221. The number of para-hydroxylation sites is 1. The van der Waals surface area contributed by atoms with E-state index in [1.807, 2.05) is 23.1 Å². The quantitative estimate of drug-likeness (QED) is 0.469. The first kappa shape index (κ1) is 25.3. The number of hydrogen-bond donors (Lipinski definition) is 1. The second kappa shape index (κ2) is 10.1. The number of hydrogen-bond acceptors (Lipinski definition) is 7. The third-order valence-corrected chi connectivity index (χ3v) is 7.41. The fourth-order valence-electron chi connectivity index (χ4n) is 5.52. The number of benzene rings is 1. The summed E-state index contributed by atoms with van der Waals surface area (Å²) in [6.07, 6.45) is 1.80. The predicted octanol–water partition coefficient (Wildman–Crippen LogP) is 0.982. The van der Waals surface area contributed by atoms with Gasteiger partial charge in [-0.1, -0.05) is 6.07 Å².